The van der Waals surface area contributed by atoms with Gasteiger partial charge < -0.3 is 9.64 Å². The number of likely N-dealkylation sites (tertiary alicyclic amines) is 1. The monoisotopic (exact) mass is 318 g/mol. The first-order chi connectivity index (χ1) is 11.0. The highest BCUT2D eigenvalue weighted by atomic mass is 16.5. The second kappa shape index (κ2) is 7.99. The SMILES string of the molecule is CCOc1ccccc1N(CC(=O)N1CCCC(C)C1)C(C)=O. The molecule has 1 aromatic carbocycles. The third kappa shape index (κ3) is 4.47. The first kappa shape index (κ1) is 17.3. The lowest BCUT2D eigenvalue weighted by Gasteiger charge is -2.33. The average molecular weight is 318 g/mol. The van der Waals surface area contributed by atoms with Crippen LogP contribution >= 0.6 is 0 Å². The molecule has 0 saturated carbocycles. The van der Waals surface area contributed by atoms with Crippen molar-refractivity contribution in [2.24, 2.45) is 5.92 Å². The smallest absolute Gasteiger partial charge is 0.242 e. The first-order valence-electron chi connectivity index (χ1n) is 8.30. The van der Waals surface area contributed by atoms with Crippen molar-refractivity contribution in [3.05, 3.63) is 24.3 Å². The number of carbonyl (C=O) groups excluding carboxylic acids is 2. The number of carbonyl (C=O) groups is 2. The molecule has 1 heterocycles. The maximum absolute atomic E-state index is 12.6. The molecule has 126 valence electrons. The molecule has 23 heavy (non-hydrogen) atoms. The number of piperidine rings is 1. The van der Waals surface area contributed by atoms with E-state index in [2.05, 4.69) is 6.92 Å². The van der Waals surface area contributed by atoms with Crippen molar-refractivity contribution in [1.29, 1.82) is 0 Å². The van der Waals surface area contributed by atoms with Gasteiger partial charge in [0.25, 0.3) is 0 Å². The van der Waals surface area contributed by atoms with E-state index in [-0.39, 0.29) is 18.4 Å². The zero-order valence-electron chi connectivity index (χ0n) is 14.2. The quantitative estimate of drug-likeness (QED) is 0.839. The van der Waals surface area contributed by atoms with E-state index in [9.17, 15) is 9.59 Å². The van der Waals surface area contributed by atoms with E-state index in [0.29, 0.717) is 24.0 Å². The Hall–Kier alpha value is -2.04. The third-order valence-corrected chi connectivity index (χ3v) is 4.14. The number of hydrogen-bond donors (Lipinski definition) is 0. The van der Waals surface area contributed by atoms with Gasteiger partial charge in [-0.05, 0) is 37.8 Å². The van der Waals surface area contributed by atoms with Crippen LogP contribution in [0, 0.1) is 5.92 Å². The van der Waals surface area contributed by atoms with Gasteiger partial charge in [-0.25, -0.2) is 0 Å². The minimum atomic E-state index is -0.157. The zero-order valence-corrected chi connectivity index (χ0v) is 14.2. The maximum Gasteiger partial charge on any atom is 0.242 e. The van der Waals surface area contributed by atoms with Gasteiger partial charge in [0.1, 0.15) is 12.3 Å². The summed E-state index contributed by atoms with van der Waals surface area (Å²) in [4.78, 5) is 28.1. The van der Waals surface area contributed by atoms with Crippen LogP contribution in [0.3, 0.4) is 0 Å². The van der Waals surface area contributed by atoms with Gasteiger partial charge in [0.2, 0.25) is 11.8 Å². The number of rotatable bonds is 5. The first-order valence-corrected chi connectivity index (χ1v) is 8.30. The van der Waals surface area contributed by atoms with Gasteiger partial charge in [-0.3, -0.25) is 14.5 Å². The molecule has 1 aliphatic heterocycles. The normalized spacial score (nSPS) is 17.7. The molecule has 2 amide bonds. The summed E-state index contributed by atoms with van der Waals surface area (Å²) in [5.41, 5.74) is 0.653. The minimum Gasteiger partial charge on any atom is -0.492 e. The van der Waals surface area contributed by atoms with Crippen molar-refractivity contribution < 1.29 is 14.3 Å². The molecule has 1 fully saturated rings. The highest BCUT2D eigenvalue weighted by molar-refractivity contribution is 5.98. The van der Waals surface area contributed by atoms with Crippen LogP contribution in [0.25, 0.3) is 0 Å². The van der Waals surface area contributed by atoms with Crippen LogP contribution in [0.2, 0.25) is 0 Å². The van der Waals surface area contributed by atoms with Crippen molar-refractivity contribution in [1.82, 2.24) is 4.90 Å². The number of amides is 2. The van der Waals surface area contributed by atoms with Crippen LogP contribution in [0.4, 0.5) is 5.69 Å². The Bertz CT molecular complexity index is 559. The van der Waals surface area contributed by atoms with Crippen molar-refractivity contribution in [3.8, 4) is 5.75 Å². The minimum absolute atomic E-state index is 0.00180. The molecule has 1 saturated heterocycles. The summed E-state index contributed by atoms with van der Waals surface area (Å²) in [6, 6.07) is 7.35. The lowest BCUT2D eigenvalue weighted by Crippen LogP contribution is -2.46. The van der Waals surface area contributed by atoms with Crippen LogP contribution in [-0.4, -0.2) is 43.0 Å². The van der Waals surface area contributed by atoms with E-state index < -0.39 is 0 Å². The highest BCUT2D eigenvalue weighted by Crippen LogP contribution is 2.28. The summed E-state index contributed by atoms with van der Waals surface area (Å²) >= 11 is 0. The Balaban J connectivity index is 2.16. The molecule has 5 nitrogen and oxygen atoms in total. The van der Waals surface area contributed by atoms with Crippen molar-refractivity contribution in [2.45, 2.75) is 33.6 Å². The Morgan fingerprint density at radius 3 is 2.74 bits per heavy atom. The largest absolute Gasteiger partial charge is 0.492 e. The van der Waals surface area contributed by atoms with Crippen LogP contribution in [0.1, 0.15) is 33.6 Å². The summed E-state index contributed by atoms with van der Waals surface area (Å²) in [7, 11) is 0. The van der Waals surface area contributed by atoms with Gasteiger partial charge in [-0.15, -0.1) is 0 Å². The Kier molecular flexibility index (Phi) is 6.02. The Morgan fingerprint density at radius 1 is 1.35 bits per heavy atom. The molecule has 1 unspecified atom stereocenters. The summed E-state index contributed by atoms with van der Waals surface area (Å²) in [5, 5.41) is 0. The maximum atomic E-state index is 12.6. The van der Waals surface area contributed by atoms with E-state index in [1.807, 2.05) is 36.1 Å². The molecule has 0 aliphatic carbocycles. The van der Waals surface area contributed by atoms with Crippen LogP contribution in [-0.2, 0) is 9.59 Å². The summed E-state index contributed by atoms with van der Waals surface area (Å²) in [5.74, 6) is 0.993. The lowest BCUT2D eigenvalue weighted by atomic mass is 10.0. The predicted molar refractivity (Wildman–Crippen MR) is 90.6 cm³/mol. The molecule has 0 aromatic heterocycles. The molecule has 1 aromatic rings. The number of anilines is 1. The molecule has 2 rings (SSSR count). The number of hydrogen-bond acceptors (Lipinski definition) is 3. The van der Waals surface area contributed by atoms with Gasteiger partial charge in [-0.2, -0.15) is 0 Å². The van der Waals surface area contributed by atoms with Crippen molar-refractivity contribution >= 4 is 17.5 Å². The van der Waals surface area contributed by atoms with Crippen LogP contribution < -0.4 is 9.64 Å². The molecule has 0 bridgehead atoms. The number of nitrogens with zero attached hydrogens (tertiary/aromatic N) is 2. The summed E-state index contributed by atoms with van der Waals surface area (Å²) in [6.07, 6.45) is 2.19. The summed E-state index contributed by atoms with van der Waals surface area (Å²) in [6.45, 7) is 7.67. The molecular formula is C18H26N2O3. The molecule has 0 spiro atoms. The fraction of sp³-hybridized carbons (Fsp3) is 0.556. The topological polar surface area (TPSA) is 49.9 Å². The van der Waals surface area contributed by atoms with Gasteiger partial charge in [0.15, 0.2) is 0 Å². The number of para-hydroxylation sites is 2. The second-order valence-corrected chi connectivity index (χ2v) is 6.09. The van der Waals surface area contributed by atoms with E-state index >= 15 is 0 Å². The predicted octanol–water partition coefficient (Wildman–Crippen LogP) is 2.70. The van der Waals surface area contributed by atoms with Gasteiger partial charge in [0.05, 0.1) is 12.3 Å². The molecule has 1 aliphatic rings. The molecule has 0 N–H and O–H groups in total. The fourth-order valence-corrected chi connectivity index (χ4v) is 2.98. The van der Waals surface area contributed by atoms with E-state index in [1.54, 1.807) is 0 Å². The third-order valence-electron chi connectivity index (χ3n) is 4.14. The molecule has 5 heteroatoms. The van der Waals surface area contributed by atoms with Crippen molar-refractivity contribution in [2.75, 3.05) is 31.1 Å². The lowest BCUT2D eigenvalue weighted by molar-refractivity contribution is -0.132. The standard InChI is InChI=1S/C18H26N2O3/c1-4-23-17-10-6-5-9-16(17)20(15(3)21)13-18(22)19-11-7-8-14(2)12-19/h5-6,9-10,14H,4,7-8,11-13H2,1-3H3. The molecule has 1 atom stereocenters. The Morgan fingerprint density at radius 2 is 2.09 bits per heavy atom. The van der Waals surface area contributed by atoms with Crippen molar-refractivity contribution in [3.63, 3.8) is 0 Å². The van der Waals surface area contributed by atoms with Crippen LogP contribution in [0.5, 0.6) is 5.75 Å². The Labute approximate surface area is 138 Å². The van der Waals surface area contributed by atoms with E-state index in [1.165, 1.54) is 11.8 Å². The average Bonchev–Trinajstić information content (AvgIpc) is 2.53. The van der Waals surface area contributed by atoms with Gasteiger partial charge in [0, 0.05) is 20.0 Å². The number of ether oxygens (including phenoxy) is 1. The fourth-order valence-electron chi connectivity index (χ4n) is 2.98. The van der Waals surface area contributed by atoms with Gasteiger partial charge >= 0.3 is 0 Å². The molecule has 0 radical (unpaired) electrons. The van der Waals surface area contributed by atoms with E-state index in [4.69, 9.17) is 4.74 Å². The summed E-state index contributed by atoms with van der Waals surface area (Å²) < 4.78 is 5.59. The van der Waals surface area contributed by atoms with E-state index in [0.717, 1.165) is 25.9 Å². The zero-order chi connectivity index (χ0) is 16.8. The molecular weight excluding hydrogens is 292 g/mol. The second-order valence-electron chi connectivity index (χ2n) is 6.09. The van der Waals surface area contributed by atoms with Gasteiger partial charge in [-0.1, -0.05) is 19.1 Å². The van der Waals surface area contributed by atoms with Crippen LogP contribution in [0.15, 0.2) is 24.3 Å². The highest BCUT2D eigenvalue weighted by Gasteiger charge is 2.25. The number of benzene rings is 1.